The summed E-state index contributed by atoms with van der Waals surface area (Å²) in [4.78, 5) is 11.7. The van der Waals surface area contributed by atoms with Crippen LogP contribution in [0, 0.1) is 0 Å². The fraction of sp³-hybridized carbons (Fsp3) is 0.188. The van der Waals surface area contributed by atoms with Crippen molar-refractivity contribution in [2.24, 2.45) is 0 Å². The number of ether oxygens (including phenoxy) is 2. The minimum absolute atomic E-state index is 0.0938. The second-order valence-electron chi connectivity index (χ2n) is 4.69. The van der Waals surface area contributed by atoms with Gasteiger partial charge in [-0.3, -0.25) is 4.79 Å². The summed E-state index contributed by atoms with van der Waals surface area (Å²) in [6.45, 7) is 0.125. The molecule has 0 fully saturated rings. The number of rotatable bonds is 7. The van der Waals surface area contributed by atoms with E-state index in [1.54, 1.807) is 12.1 Å². The Bertz CT molecular complexity index is 800. The Balaban J connectivity index is 1.41. The molecule has 0 unspecified atom stereocenters. The van der Waals surface area contributed by atoms with Crippen LogP contribution < -0.4 is 4.74 Å². The molecule has 2 aromatic heterocycles. The van der Waals surface area contributed by atoms with E-state index in [9.17, 15) is 4.79 Å². The van der Waals surface area contributed by atoms with Crippen LogP contribution in [0.3, 0.4) is 0 Å². The molecule has 0 aliphatic heterocycles. The van der Waals surface area contributed by atoms with Crippen molar-refractivity contribution in [3.05, 3.63) is 53.0 Å². The van der Waals surface area contributed by atoms with Gasteiger partial charge in [0.2, 0.25) is 0 Å². The maximum Gasteiger partial charge on any atom is 0.309 e. The lowest BCUT2D eigenvalue weighted by Crippen LogP contribution is -2.10. The van der Waals surface area contributed by atoms with E-state index in [4.69, 9.17) is 18.3 Å². The highest BCUT2D eigenvalue weighted by molar-refractivity contribution is 9.10. The second-order valence-corrected chi connectivity index (χ2v) is 5.61. The lowest BCUT2D eigenvalue weighted by molar-refractivity contribution is -0.146. The van der Waals surface area contributed by atoms with Gasteiger partial charge in [-0.2, -0.15) is 0 Å². The van der Waals surface area contributed by atoms with Crippen molar-refractivity contribution in [1.82, 2.24) is 10.2 Å². The molecule has 124 valence electrons. The van der Waals surface area contributed by atoms with Crippen LogP contribution in [-0.2, 0) is 16.1 Å². The van der Waals surface area contributed by atoms with Crippen LogP contribution in [0.15, 0.2) is 56.0 Å². The predicted octanol–water partition coefficient (Wildman–Crippen LogP) is 3.60. The maximum absolute atomic E-state index is 11.7. The molecule has 0 N–H and O–H groups in total. The van der Waals surface area contributed by atoms with Gasteiger partial charge in [0.05, 0.1) is 19.3 Å². The van der Waals surface area contributed by atoms with Gasteiger partial charge >= 0.3 is 5.97 Å². The summed E-state index contributed by atoms with van der Waals surface area (Å²) in [5.74, 6) is 1.16. The molecule has 24 heavy (non-hydrogen) atoms. The van der Waals surface area contributed by atoms with Crippen molar-refractivity contribution in [2.75, 3.05) is 6.61 Å². The van der Waals surface area contributed by atoms with Gasteiger partial charge in [-0.25, -0.2) is 0 Å². The van der Waals surface area contributed by atoms with Crippen LogP contribution in [0.2, 0.25) is 0 Å². The van der Waals surface area contributed by atoms with Crippen molar-refractivity contribution < 1.29 is 23.1 Å². The molecule has 0 saturated carbocycles. The lowest BCUT2D eigenvalue weighted by Gasteiger charge is -2.06. The molecule has 7 nitrogen and oxygen atoms in total. The Morgan fingerprint density at radius 2 is 2.12 bits per heavy atom. The highest BCUT2D eigenvalue weighted by Gasteiger charge is 2.12. The molecule has 0 aliphatic carbocycles. The van der Waals surface area contributed by atoms with Gasteiger partial charge < -0.3 is 18.3 Å². The Labute approximate surface area is 145 Å². The Kier molecular flexibility index (Phi) is 5.27. The van der Waals surface area contributed by atoms with E-state index in [2.05, 4.69) is 26.1 Å². The monoisotopic (exact) mass is 392 g/mol. The van der Waals surface area contributed by atoms with Crippen LogP contribution in [0.4, 0.5) is 0 Å². The van der Waals surface area contributed by atoms with E-state index < -0.39 is 5.97 Å². The third-order valence-electron chi connectivity index (χ3n) is 2.93. The number of furan rings is 1. The van der Waals surface area contributed by atoms with Crippen LogP contribution in [0.25, 0.3) is 11.7 Å². The van der Waals surface area contributed by atoms with Gasteiger partial charge in [0.15, 0.2) is 12.4 Å². The van der Waals surface area contributed by atoms with Gasteiger partial charge in [-0.15, -0.1) is 10.2 Å². The summed E-state index contributed by atoms with van der Waals surface area (Å²) in [5, 5.41) is 7.61. The van der Waals surface area contributed by atoms with Crippen LogP contribution >= 0.6 is 15.9 Å². The summed E-state index contributed by atoms with van der Waals surface area (Å²) >= 11 is 3.35. The van der Waals surface area contributed by atoms with Crippen molar-refractivity contribution in [1.29, 1.82) is 0 Å². The number of hydrogen-bond donors (Lipinski definition) is 0. The molecule has 0 atom stereocenters. The largest absolute Gasteiger partial charge is 0.493 e. The molecule has 8 heteroatoms. The molecule has 0 bridgehead atoms. The highest BCUT2D eigenvalue weighted by Crippen LogP contribution is 2.19. The molecular weight excluding hydrogens is 380 g/mol. The standard InChI is InChI=1S/C16H13BrN2O5/c17-11-3-1-4-12(9-11)21-8-6-15(20)23-10-14-18-19-16(24-14)13-5-2-7-22-13/h1-5,7,9H,6,8,10H2. The van der Waals surface area contributed by atoms with Gasteiger partial charge in [-0.1, -0.05) is 22.0 Å². The van der Waals surface area contributed by atoms with Crippen molar-refractivity contribution in [2.45, 2.75) is 13.0 Å². The van der Waals surface area contributed by atoms with E-state index in [0.717, 1.165) is 4.47 Å². The zero-order chi connectivity index (χ0) is 16.8. The Hall–Kier alpha value is -2.61. The van der Waals surface area contributed by atoms with E-state index >= 15 is 0 Å². The summed E-state index contributed by atoms with van der Waals surface area (Å²) < 4.78 is 21.9. The fourth-order valence-electron chi connectivity index (χ4n) is 1.84. The number of nitrogens with zero attached hydrogens (tertiary/aromatic N) is 2. The molecule has 3 rings (SSSR count). The number of carbonyl (C=O) groups excluding carboxylic acids is 1. The van der Waals surface area contributed by atoms with Crippen LogP contribution in [-0.4, -0.2) is 22.8 Å². The topological polar surface area (TPSA) is 87.6 Å². The Morgan fingerprint density at radius 1 is 1.21 bits per heavy atom. The first-order chi connectivity index (χ1) is 11.7. The number of aromatic nitrogens is 2. The zero-order valence-corrected chi connectivity index (χ0v) is 14.1. The van der Waals surface area contributed by atoms with Crippen molar-refractivity contribution in [3.63, 3.8) is 0 Å². The zero-order valence-electron chi connectivity index (χ0n) is 12.5. The van der Waals surface area contributed by atoms with E-state index in [-0.39, 0.29) is 31.4 Å². The van der Waals surface area contributed by atoms with Crippen molar-refractivity contribution in [3.8, 4) is 17.4 Å². The molecule has 1 aromatic carbocycles. The maximum atomic E-state index is 11.7. The smallest absolute Gasteiger partial charge is 0.309 e. The number of benzene rings is 1. The van der Waals surface area contributed by atoms with E-state index in [0.29, 0.717) is 11.5 Å². The second kappa shape index (κ2) is 7.78. The summed E-state index contributed by atoms with van der Waals surface area (Å²) in [6.07, 6.45) is 1.62. The molecule has 2 heterocycles. The summed E-state index contributed by atoms with van der Waals surface area (Å²) in [6, 6.07) is 10.8. The minimum atomic E-state index is -0.414. The highest BCUT2D eigenvalue weighted by atomic mass is 79.9. The first-order valence-corrected chi connectivity index (χ1v) is 7.90. The lowest BCUT2D eigenvalue weighted by atomic mass is 10.3. The normalized spacial score (nSPS) is 10.5. The predicted molar refractivity (Wildman–Crippen MR) is 86.1 cm³/mol. The average molecular weight is 393 g/mol. The third kappa shape index (κ3) is 4.45. The molecule has 0 saturated heterocycles. The van der Waals surface area contributed by atoms with Crippen molar-refractivity contribution >= 4 is 21.9 Å². The van der Waals surface area contributed by atoms with Crippen LogP contribution in [0.1, 0.15) is 12.3 Å². The van der Waals surface area contributed by atoms with E-state index in [1.807, 2.05) is 24.3 Å². The number of hydrogen-bond acceptors (Lipinski definition) is 7. The molecule has 0 aliphatic rings. The molecule has 0 spiro atoms. The average Bonchev–Trinajstić information content (AvgIpc) is 3.24. The van der Waals surface area contributed by atoms with E-state index in [1.165, 1.54) is 6.26 Å². The first kappa shape index (κ1) is 16.3. The van der Waals surface area contributed by atoms with Gasteiger partial charge in [0.1, 0.15) is 5.75 Å². The number of esters is 1. The fourth-order valence-corrected chi connectivity index (χ4v) is 2.21. The minimum Gasteiger partial charge on any atom is -0.493 e. The third-order valence-corrected chi connectivity index (χ3v) is 3.42. The van der Waals surface area contributed by atoms with Gasteiger partial charge in [0, 0.05) is 4.47 Å². The summed E-state index contributed by atoms with van der Waals surface area (Å²) in [7, 11) is 0. The van der Waals surface area contributed by atoms with Gasteiger partial charge in [-0.05, 0) is 30.3 Å². The molecular formula is C16H13BrN2O5. The molecule has 0 amide bonds. The molecule has 3 aromatic rings. The SMILES string of the molecule is O=C(CCOc1cccc(Br)c1)OCc1nnc(-c2ccco2)o1. The quantitative estimate of drug-likeness (QED) is 0.567. The number of carbonyl (C=O) groups is 1. The molecule has 0 radical (unpaired) electrons. The Morgan fingerprint density at radius 3 is 2.92 bits per heavy atom. The first-order valence-electron chi connectivity index (χ1n) is 7.11. The van der Waals surface area contributed by atoms with Gasteiger partial charge in [0.25, 0.3) is 11.8 Å². The number of halogens is 1. The van der Waals surface area contributed by atoms with Crippen LogP contribution in [0.5, 0.6) is 5.75 Å². The summed E-state index contributed by atoms with van der Waals surface area (Å²) in [5.41, 5.74) is 0.